The molecule has 0 fully saturated rings. The molecule has 1 unspecified atom stereocenters. The molecule has 6 nitrogen and oxygen atoms in total. The average molecular weight is 374 g/mol. The quantitative estimate of drug-likeness (QED) is 0.773. The van der Waals surface area contributed by atoms with Crippen LogP contribution in [0.5, 0.6) is 5.75 Å². The number of benzene rings is 1. The highest BCUT2D eigenvalue weighted by Crippen LogP contribution is 2.28. The van der Waals surface area contributed by atoms with Gasteiger partial charge in [-0.2, -0.15) is 0 Å². The Kier molecular flexibility index (Phi) is 7.33. The van der Waals surface area contributed by atoms with Gasteiger partial charge in [0.1, 0.15) is 23.5 Å². The zero-order valence-electron chi connectivity index (χ0n) is 15.8. The van der Waals surface area contributed by atoms with Gasteiger partial charge in [0, 0.05) is 12.8 Å². The zero-order valence-corrected chi connectivity index (χ0v) is 15.8. The average Bonchev–Trinajstić information content (AvgIpc) is 2.58. The Labute approximate surface area is 159 Å². The Bertz CT molecular complexity index is 749. The number of cyclic esters (lactones) is 1. The van der Waals surface area contributed by atoms with Crippen molar-refractivity contribution in [3.8, 4) is 5.75 Å². The highest BCUT2D eigenvalue weighted by molar-refractivity contribution is 5.97. The summed E-state index contributed by atoms with van der Waals surface area (Å²) in [6, 6.07) is 3.56. The number of carbonyl (C=O) groups is 2. The molecule has 6 heteroatoms. The third-order valence-electron chi connectivity index (χ3n) is 4.13. The molecule has 146 valence electrons. The van der Waals surface area contributed by atoms with Crippen molar-refractivity contribution in [1.82, 2.24) is 0 Å². The summed E-state index contributed by atoms with van der Waals surface area (Å²) >= 11 is 0. The van der Waals surface area contributed by atoms with Crippen molar-refractivity contribution in [2.45, 2.75) is 51.9 Å². The lowest BCUT2D eigenvalue weighted by Gasteiger charge is -2.17. The highest BCUT2D eigenvalue weighted by atomic mass is 16.5. The van der Waals surface area contributed by atoms with Gasteiger partial charge in [-0.3, -0.25) is 4.79 Å². The number of aryl methyl sites for hydroxylation is 1. The van der Waals surface area contributed by atoms with Crippen LogP contribution in [0.25, 0.3) is 6.08 Å². The zero-order chi connectivity index (χ0) is 20.0. The molecule has 1 heterocycles. The van der Waals surface area contributed by atoms with Crippen LogP contribution in [0.15, 0.2) is 30.4 Å². The molecule has 0 aliphatic carbocycles. The molecule has 1 aliphatic rings. The van der Waals surface area contributed by atoms with Crippen molar-refractivity contribution in [2.24, 2.45) is 0 Å². The fraction of sp³-hybridized carbons (Fsp3) is 0.429. The molecule has 1 aromatic rings. The van der Waals surface area contributed by atoms with Gasteiger partial charge in [0.15, 0.2) is 5.78 Å². The minimum Gasteiger partial charge on any atom is -0.493 e. The molecule has 0 radical (unpaired) electrons. The van der Waals surface area contributed by atoms with E-state index < -0.39 is 30.1 Å². The van der Waals surface area contributed by atoms with Crippen LogP contribution in [-0.2, 0) is 9.53 Å². The third kappa shape index (κ3) is 5.77. The van der Waals surface area contributed by atoms with Gasteiger partial charge in [-0.1, -0.05) is 24.3 Å². The highest BCUT2D eigenvalue weighted by Gasteiger charge is 2.22. The van der Waals surface area contributed by atoms with Gasteiger partial charge >= 0.3 is 5.97 Å². The van der Waals surface area contributed by atoms with Gasteiger partial charge in [0.2, 0.25) is 0 Å². The van der Waals surface area contributed by atoms with Crippen molar-refractivity contribution in [3.05, 3.63) is 47.1 Å². The van der Waals surface area contributed by atoms with Gasteiger partial charge in [-0.25, -0.2) is 4.79 Å². The van der Waals surface area contributed by atoms with Crippen LogP contribution in [0.1, 0.15) is 48.2 Å². The minimum absolute atomic E-state index is 0.126. The Morgan fingerprint density at radius 2 is 1.96 bits per heavy atom. The van der Waals surface area contributed by atoms with E-state index in [1.165, 1.54) is 12.2 Å². The second-order valence-corrected chi connectivity index (χ2v) is 6.59. The van der Waals surface area contributed by atoms with Gasteiger partial charge < -0.3 is 19.7 Å². The molecule has 3 atom stereocenters. The number of esters is 1. The number of hydrogen-bond donors (Lipinski definition) is 2. The molecule has 1 aromatic carbocycles. The number of ketones is 1. The molecule has 0 saturated heterocycles. The monoisotopic (exact) mass is 374 g/mol. The molecule has 0 spiro atoms. The normalized spacial score (nSPS) is 25.3. The lowest BCUT2D eigenvalue weighted by atomic mass is 10.0. The summed E-state index contributed by atoms with van der Waals surface area (Å²) in [6.45, 7) is 5.82. The van der Waals surface area contributed by atoms with Crippen molar-refractivity contribution in [2.75, 3.05) is 6.61 Å². The number of hydrogen-bond acceptors (Lipinski definition) is 6. The lowest BCUT2D eigenvalue weighted by Crippen LogP contribution is -2.24. The van der Waals surface area contributed by atoms with Crippen LogP contribution in [0, 0.1) is 6.92 Å². The van der Waals surface area contributed by atoms with Gasteiger partial charge in [-0.15, -0.1) is 0 Å². The Balaban J connectivity index is 2.50. The molecule has 2 rings (SSSR count). The van der Waals surface area contributed by atoms with Crippen molar-refractivity contribution >= 4 is 17.8 Å². The number of carbonyl (C=O) groups excluding carboxylic acids is 2. The van der Waals surface area contributed by atoms with Crippen LogP contribution >= 0.6 is 0 Å². The molecule has 0 amide bonds. The van der Waals surface area contributed by atoms with Gasteiger partial charge in [-0.05, 0) is 44.0 Å². The first kappa shape index (κ1) is 20.9. The maximum Gasteiger partial charge on any atom is 0.342 e. The summed E-state index contributed by atoms with van der Waals surface area (Å²) in [7, 11) is 0. The predicted octanol–water partition coefficient (Wildman–Crippen LogP) is 2.59. The van der Waals surface area contributed by atoms with E-state index in [2.05, 4.69) is 0 Å². The van der Waals surface area contributed by atoms with E-state index >= 15 is 0 Å². The van der Waals surface area contributed by atoms with Crippen LogP contribution in [0.3, 0.4) is 0 Å². The number of rotatable bonds is 2. The Morgan fingerprint density at radius 1 is 1.22 bits per heavy atom. The molecule has 0 bridgehead atoms. The number of ether oxygens (including phenoxy) is 2. The van der Waals surface area contributed by atoms with E-state index in [0.717, 1.165) is 5.56 Å². The first-order chi connectivity index (χ1) is 12.8. The topological polar surface area (TPSA) is 93.1 Å². The van der Waals surface area contributed by atoms with Crippen molar-refractivity contribution in [1.29, 1.82) is 0 Å². The predicted molar refractivity (Wildman–Crippen MR) is 102 cm³/mol. The van der Waals surface area contributed by atoms with Crippen LogP contribution in [0.4, 0.5) is 0 Å². The maximum absolute atomic E-state index is 12.8. The number of fused-ring (bicyclic) bond motifs is 1. The van der Waals surface area contributed by atoms with E-state index in [1.807, 2.05) is 13.8 Å². The van der Waals surface area contributed by atoms with Crippen molar-refractivity contribution < 1.29 is 29.3 Å². The van der Waals surface area contributed by atoms with E-state index in [9.17, 15) is 19.8 Å². The summed E-state index contributed by atoms with van der Waals surface area (Å²) in [6.07, 6.45) is 3.23. The minimum atomic E-state index is -1.29. The van der Waals surface area contributed by atoms with Crippen molar-refractivity contribution in [3.63, 3.8) is 0 Å². The van der Waals surface area contributed by atoms with E-state index in [4.69, 9.17) is 9.47 Å². The van der Waals surface area contributed by atoms with Gasteiger partial charge in [0.05, 0.1) is 12.7 Å². The summed E-state index contributed by atoms with van der Waals surface area (Å²) < 4.78 is 11.1. The Hall–Kier alpha value is -2.44. The summed E-state index contributed by atoms with van der Waals surface area (Å²) in [5, 5.41) is 20.0. The second kappa shape index (κ2) is 9.48. The number of aliphatic hydroxyl groups is 2. The second-order valence-electron chi connectivity index (χ2n) is 6.59. The molecular formula is C21H26O6. The maximum atomic E-state index is 12.8. The van der Waals surface area contributed by atoms with E-state index in [0.29, 0.717) is 24.3 Å². The smallest absolute Gasteiger partial charge is 0.342 e. The first-order valence-electron chi connectivity index (χ1n) is 9.05. The molecule has 2 N–H and O–H groups in total. The summed E-state index contributed by atoms with van der Waals surface area (Å²) in [4.78, 5) is 24.6. The lowest BCUT2D eigenvalue weighted by molar-refractivity contribution is -0.123. The standard InChI is InChI=1S/C21H26O6/c1-4-26-19-11-13(2)10-15-8-9-16(22)12-18(24)17(23)7-5-6-14(3)27-21(25)20(15)19/h5,7-11,14,16,18,22,24H,4,6,12H2,1-3H3/b7-5-,9-8?/t14-,16?,18-/m0/s1. The largest absolute Gasteiger partial charge is 0.493 e. The molecule has 27 heavy (non-hydrogen) atoms. The molecule has 0 saturated carbocycles. The molecule has 1 aliphatic heterocycles. The summed E-state index contributed by atoms with van der Waals surface area (Å²) in [5.41, 5.74) is 1.72. The fourth-order valence-electron chi connectivity index (χ4n) is 2.81. The molecular weight excluding hydrogens is 348 g/mol. The van der Waals surface area contributed by atoms with E-state index in [-0.39, 0.29) is 12.0 Å². The van der Waals surface area contributed by atoms with Crippen LogP contribution in [0.2, 0.25) is 0 Å². The van der Waals surface area contributed by atoms with Crippen LogP contribution in [-0.4, -0.2) is 46.9 Å². The van der Waals surface area contributed by atoms with E-state index in [1.54, 1.807) is 31.2 Å². The first-order valence-corrected chi connectivity index (χ1v) is 9.05. The summed E-state index contributed by atoms with van der Waals surface area (Å²) in [5.74, 6) is -0.605. The fourth-order valence-corrected chi connectivity index (χ4v) is 2.81. The number of aliphatic hydroxyl groups excluding tert-OH is 2. The third-order valence-corrected chi connectivity index (χ3v) is 4.13. The Morgan fingerprint density at radius 3 is 2.67 bits per heavy atom. The van der Waals surface area contributed by atoms with Gasteiger partial charge in [0.25, 0.3) is 0 Å². The van der Waals surface area contributed by atoms with Crippen LogP contribution < -0.4 is 4.74 Å². The molecule has 0 aromatic heterocycles. The SMILES string of the molecule is CCOc1cc(C)cc2c1C(=O)O[C@@H](C)C/C=C\C(=O)[C@@H](O)CC(O)C=C2.